The molecule has 0 saturated carbocycles. The van der Waals surface area contributed by atoms with Crippen LogP contribution >= 0.6 is 0 Å². The number of tetrazole rings is 1. The molecule has 1 amide bonds. The Labute approximate surface area is 201 Å². The van der Waals surface area contributed by atoms with E-state index < -0.39 is 28.5 Å². The van der Waals surface area contributed by atoms with Crippen molar-refractivity contribution in [1.29, 1.82) is 0 Å². The molecule has 12 nitrogen and oxygen atoms in total. The van der Waals surface area contributed by atoms with E-state index in [1.165, 1.54) is 47.4 Å². The summed E-state index contributed by atoms with van der Waals surface area (Å²) in [5, 5.41) is 13.4. The molecule has 0 bridgehead atoms. The maximum atomic E-state index is 12.7. The first-order valence-electron chi connectivity index (χ1n) is 10.9. The van der Waals surface area contributed by atoms with E-state index in [4.69, 9.17) is 4.74 Å². The Morgan fingerprint density at radius 3 is 2.74 bits per heavy atom. The van der Waals surface area contributed by atoms with Gasteiger partial charge in [0.05, 0.1) is 16.1 Å². The smallest absolute Gasteiger partial charge is 0.338 e. The molecule has 2 heterocycles. The van der Waals surface area contributed by atoms with Crippen molar-refractivity contribution in [2.75, 3.05) is 18.5 Å². The number of amides is 1. The van der Waals surface area contributed by atoms with E-state index in [1.807, 2.05) is 0 Å². The van der Waals surface area contributed by atoms with Crippen LogP contribution in [0.2, 0.25) is 0 Å². The number of carbonyl (C=O) groups is 2. The van der Waals surface area contributed by atoms with Gasteiger partial charge in [0.15, 0.2) is 6.61 Å². The van der Waals surface area contributed by atoms with Crippen molar-refractivity contribution in [1.82, 2.24) is 24.9 Å². The molecule has 35 heavy (non-hydrogen) atoms. The number of hydrogen-bond donors (Lipinski definition) is 2. The summed E-state index contributed by atoms with van der Waals surface area (Å²) in [4.78, 5) is 28.9. The minimum atomic E-state index is -3.85. The normalized spacial score (nSPS) is 13.9. The zero-order valence-corrected chi connectivity index (χ0v) is 19.4. The summed E-state index contributed by atoms with van der Waals surface area (Å²) < 4.78 is 34.5. The van der Waals surface area contributed by atoms with Crippen LogP contribution in [0.5, 0.6) is 0 Å². The van der Waals surface area contributed by atoms with Crippen LogP contribution in [0.25, 0.3) is 5.69 Å². The number of nitrogens with zero attached hydrogens (tertiary/aromatic N) is 5. The Hall–Kier alpha value is -4.13. The molecule has 0 aliphatic carbocycles. The lowest BCUT2D eigenvalue weighted by molar-refractivity contribution is -0.119. The van der Waals surface area contributed by atoms with E-state index in [1.54, 1.807) is 12.1 Å². The summed E-state index contributed by atoms with van der Waals surface area (Å²) in [6.45, 7) is 0.0363. The Morgan fingerprint density at radius 2 is 1.91 bits per heavy atom. The van der Waals surface area contributed by atoms with Crippen molar-refractivity contribution in [3.8, 4) is 5.69 Å². The molecule has 182 valence electrons. The molecule has 0 atom stereocenters. The van der Waals surface area contributed by atoms with E-state index in [-0.39, 0.29) is 16.1 Å². The van der Waals surface area contributed by atoms with E-state index >= 15 is 0 Å². The lowest BCUT2D eigenvalue weighted by Crippen LogP contribution is -2.30. The van der Waals surface area contributed by atoms with Crippen molar-refractivity contribution < 1.29 is 22.7 Å². The quantitative estimate of drug-likeness (QED) is 0.467. The Morgan fingerprint density at radius 1 is 1.06 bits per heavy atom. The molecule has 0 fully saturated rings. The minimum absolute atomic E-state index is 0.0151. The number of aromatic nitrogens is 4. The van der Waals surface area contributed by atoms with Crippen molar-refractivity contribution in [3.05, 3.63) is 60.4 Å². The van der Waals surface area contributed by atoms with Crippen LogP contribution in [0.15, 0.2) is 64.7 Å². The van der Waals surface area contributed by atoms with Crippen LogP contribution in [-0.2, 0) is 19.6 Å². The number of esters is 1. The van der Waals surface area contributed by atoms with Gasteiger partial charge in [-0.15, -0.1) is 5.10 Å². The van der Waals surface area contributed by atoms with Gasteiger partial charge in [-0.3, -0.25) is 14.5 Å². The highest BCUT2D eigenvalue weighted by Crippen LogP contribution is 2.17. The van der Waals surface area contributed by atoms with E-state index in [0.29, 0.717) is 24.5 Å². The molecule has 0 spiro atoms. The van der Waals surface area contributed by atoms with Crippen molar-refractivity contribution in [3.63, 3.8) is 0 Å². The molecule has 0 saturated heterocycles. The fourth-order valence-electron chi connectivity index (χ4n) is 3.38. The predicted molar refractivity (Wildman–Crippen MR) is 126 cm³/mol. The fraction of sp³-hybridized carbons (Fsp3) is 0.273. The Balaban J connectivity index is 1.35. The molecule has 13 heteroatoms. The number of hydrogen-bond acceptors (Lipinski definition) is 9. The zero-order chi connectivity index (χ0) is 24.7. The molecule has 2 aromatic carbocycles. The average molecular weight is 498 g/mol. The molecule has 0 radical (unpaired) electrons. The van der Waals surface area contributed by atoms with Gasteiger partial charge >= 0.3 is 5.97 Å². The van der Waals surface area contributed by atoms with Gasteiger partial charge in [0.2, 0.25) is 0 Å². The van der Waals surface area contributed by atoms with Gasteiger partial charge in [-0.05, 0) is 59.7 Å². The highest BCUT2D eigenvalue weighted by molar-refractivity contribution is 7.90. The van der Waals surface area contributed by atoms with E-state index in [0.717, 1.165) is 19.3 Å². The SMILES string of the molecule is O=C(COC(=O)c1cccc(-n2cnnn2)c1)Nc1cccc(S(=O)(=O)NC2=NCCCCC2)c1. The molecule has 4 rings (SSSR count). The average Bonchev–Trinajstić information content (AvgIpc) is 3.28. The van der Waals surface area contributed by atoms with Crippen molar-refractivity contribution >= 4 is 33.4 Å². The Bertz CT molecular complexity index is 1340. The van der Waals surface area contributed by atoms with E-state index in [2.05, 4.69) is 30.6 Å². The standard InChI is InChI=1S/C22H23N7O5S/c30-21(14-34-22(31)16-6-4-8-18(12-16)29-15-24-27-28-29)25-17-7-5-9-19(13-17)35(32,33)26-20-10-2-1-3-11-23-20/h4-9,12-13,15H,1-3,10-11,14H2,(H,23,26)(H,25,30). The summed E-state index contributed by atoms with van der Waals surface area (Å²) in [5.41, 5.74) is 1.01. The number of carbonyl (C=O) groups excluding carboxylic acids is 2. The van der Waals surface area contributed by atoms with E-state index in [9.17, 15) is 18.0 Å². The van der Waals surface area contributed by atoms with Crippen LogP contribution in [0, 0.1) is 0 Å². The molecular weight excluding hydrogens is 474 g/mol. The number of amidine groups is 1. The van der Waals surface area contributed by atoms with Crippen LogP contribution in [0.1, 0.15) is 36.0 Å². The summed E-state index contributed by atoms with van der Waals surface area (Å²) >= 11 is 0. The minimum Gasteiger partial charge on any atom is -0.452 e. The van der Waals surface area contributed by atoms with Crippen molar-refractivity contribution in [2.24, 2.45) is 4.99 Å². The Kier molecular flexibility index (Phi) is 7.45. The lowest BCUT2D eigenvalue weighted by atomic mass is 10.2. The highest BCUT2D eigenvalue weighted by atomic mass is 32.2. The number of rotatable bonds is 7. The molecular formula is C22H23N7O5S. The molecule has 3 aromatic rings. The third-order valence-corrected chi connectivity index (χ3v) is 6.46. The third-order valence-electron chi connectivity index (χ3n) is 5.08. The van der Waals surface area contributed by atoms with Gasteiger partial charge in [0.25, 0.3) is 15.9 Å². The number of nitrogens with one attached hydrogen (secondary N) is 2. The van der Waals surface area contributed by atoms with Gasteiger partial charge in [-0.25, -0.2) is 17.9 Å². The largest absolute Gasteiger partial charge is 0.452 e. The maximum Gasteiger partial charge on any atom is 0.338 e. The van der Waals surface area contributed by atoms with Crippen LogP contribution in [-0.4, -0.2) is 59.5 Å². The summed E-state index contributed by atoms with van der Waals surface area (Å²) in [6, 6.07) is 12.2. The second-order valence-corrected chi connectivity index (χ2v) is 9.38. The maximum absolute atomic E-state index is 12.7. The number of anilines is 1. The number of aliphatic imine (C=N–C) groups is 1. The van der Waals surface area contributed by atoms with Crippen LogP contribution in [0.3, 0.4) is 0 Å². The topological polar surface area (TPSA) is 158 Å². The second-order valence-electron chi connectivity index (χ2n) is 7.70. The third kappa shape index (κ3) is 6.47. The van der Waals surface area contributed by atoms with Crippen LogP contribution < -0.4 is 10.0 Å². The van der Waals surface area contributed by atoms with Gasteiger partial charge in [-0.1, -0.05) is 18.6 Å². The molecule has 1 aliphatic heterocycles. The first-order valence-corrected chi connectivity index (χ1v) is 12.4. The molecule has 1 aliphatic rings. The number of benzene rings is 2. The summed E-state index contributed by atoms with van der Waals surface area (Å²) in [7, 11) is -3.85. The number of ether oxygens (including phenoxy) is 1. The van der Waals surface area contributed by atoms with Gasteiger partial charge in [0, 0.05) is 18.7 Å². The highest BCUT2D eigenvalue weighted by Gasteiger charge is 2.18. The first-order chi connectivity index (χ1) is 16.9. The van der Waals surface area contributed by atoms with Gasteiger partial charge < -0.3 is 10.1 Å². The second kappa shape index (κ2) is 10.9. The monoisotopic (exact) mass is 497 g/mol. The van der Waals surface area contributed by atoms with Gasteiger partial charge in [-0.2, -0.15) is 0 Å². The molecule has 2 N–H and O–H groups in total. The zero-order valence-electron chi connectivity index (χ0n) is 18.6. The fourth-order valence-corrected chi connectivity index (χ4v) is 4.51. The first kappa shape index (κ1) is 24.0. The van der Waals surface area contributed by atoms with Crippen LogP contribution in [0.4, 0.5) is 5.69 Å². The number of sulfonamides is 1. The summed E-state index contributed by atoms with van der Waals surface area (Å²) in [6.07, 6.45) is 4.76. The summed E-state index contributed by atoms with van der Waals surface area (Å²) in [5.74, 6) is -0.890. The van der Waals surface area contributed by atoms with Gasteiger partial charge in [0.1, 0.15) is 12.2 Å². The lowest BCUT2D eigenvalue weighted by Gasteiger charge is -2.11. The molecule has 0 unspecified atom stereocenters. The predicted octanol–water partition coefficient (Wildman–Crippen LogP) is 1.71. The molecule has 1 aromatic heterocycles. The van der Waals surface area contributed by atoms with Crippen molar-refractivity contribution in [2.45, 2.75) is 30.6 Å².